The number of aliphatic imine (C=N–C) groups is 1. The van der Waals surface area contributed by atoms with Crippen LogP contribution in [0.1, 0.15) is 17.3 Å². The van der Waals surface area contributed by atoms with Crippen LogP contribution in [0.3, 0.4) is 0 Å². The molecule has 0 bridgehead atoms. The number of hydrogen-bond donors (Lipinski definition) is 3. The first-order valence-electron chi connectivity index (χ1n) is 6.55. The maximum absolute atomic E-state index is 11.7. The van der Waals surface area contributed by atoms with Crippen molar-refractivity contribution < 1.29 is 4.79 Å². The molecule has 6 nitrogen and oxygen atoms in total. The predicted octanol–water partition coefficient (Wildman–Crippen LogP) is 1.50. The fourth-order valence-electron chi connectivity index (χ4n) is 1.96. The minimum absolute atomic E-state index is 0.284. The summed E-state index contributed by atoms with van der Waals surface area (Å²) >= 11 is 2.09. The molecule has 5 N–H and O–H groups in total. The highest BCUT2D eigenvalue weighted by Gasteiger charge is 2.11. The number of carbonyl (C=O) groups is 1. The highest BCUT2D eigenvalue weighted by molar-refractivity contribution is 14.2. The monoisotopic (exact) mass is 421 g/mol. The van der Waals surface area contributed by atoms with Crippen LogP contribution in [-0.4, -0.2) is 37.9 Å². The second-order valence-corrected chi connectivity index (χ2v) is 6.54. The molecule has 1 saturated heterocycles. The third kappa shape index (κ3) is 6.69. The smallest absolute Gasteiger partial charge is 0.278 e. The Kier molecular flexibility index (Phi) is 8.75. The SMILES string of the molecule is CC(N)=NC(=O)c1ccc(N2CCNCC2)cc1.NPI. The van der Waals surface area contributed by atoms with Crippen molar-refractivity contribution in [3.8, 4) is 0 Å². The molecule has 1 unspecified atom stereocenters. The number of nitrogens with two attached hydrogens (primary N) is 2. The summed E-state index contributed by atoms with van der Waals surface area (Å²) in [5, 5.41) is 3.31. The average molecular weight is 421 g/mol. The Bertz CT molecular complexity index is 470. The Labute approximate surface area is 140 Å². The molecule has 0 spiro atoms. The molecule has 8 heteroatoms. The maximum Gasteiger partial charge on any atom is 0.278 e. The Morgan fingerprint density at radius 2 is 1.86 bits per heavy atom. The first kappa shape index (κ1) is 18.3. The molecule has 116 valence electrons. The van der Waals surface area contributed by atoms with E-state index in [0.29, 0.717) is 11.9 Å². The van der Waals surface area contributed by atoms with Crippen molar-refractivity contribution in [1.29, 1.82) is 0 Å². The first-order chi connectivity index (χ1) is 10.1. The van der Waals surface area contributed by atoms with Crippen LogP contribution >= 0.6 is 28.4 Å². The number of hydrogen-bond acceptors (Lipinski definition) is 4. The normalized spacial score (nSPS) is 15.8. The third-order valence-electron chi connectivity index (χ3n) is 2.87. The minimum atomic E-state index is -0.290. The molecule has 1 aliphatic rings. The fraction of sp³-hybridized carbons (Fsp3) is 0.385. The summed E-state index contributed by atoms with van der Waals surface area (Å²) in [6.45, 7) is 5.59. The number of benzene rings is 1. The third-order valence-corrected chi connectivity index (χ3v) is 2.87. The van der Waals surface area contributed by atoms with E-state index < -0.39 is 0 Å². The lowest BCUT2D eigenvalue weighted by molar-refractivity contribution is 0.100. The lowest BCUT2D eigenvalue weighted by Gasteiger charge is -2.29. The minimum Gasteiger partial charge on any atom is -0.387 e. The molecular weight excluding hydrogens is 400 g/mol. The van der Waals surface area contributed by atoms with Crippen LogP contribution in [0.25, 0.3) is 0 Å². The van der Waals surface area contributed by atoms with Crippen LogP contribution < -0.4 is 21.5 Å². The standard InChI is InChI=1S/C13H18N4O.H3INP/c1-10(14)16-13(18)11-2-4-12(5-3-11)17-8-6-15-7-9-17;1-3-2/h2-5,15H,6-9H2,1H3,(H2,14,16,18);3H,2H2. The van der Waals surface area contributed by atoms with Gasteiger partial charge in [-0.15, -0.1) is 0 Å². The highest BCUT2D eigenvalue weighted by atomic mass is 127. The van der Waals surface area contributed by atoms with Crippen molar-refractivity contribution in [2.45, 2.75) is 6.92 Å². The zero-order valence-corrected chi connectivity index (χ0v) is 15.1. The van der Waals surface area contributed by atoms with Gasteiger partial charge < -0.3 is 21.5 Å². The molecule has 0 aromatic heterocycles. The van der Waals surface area contributed by atoms with Gasteiger partial charge in [-0.25, -0.2) is 0 Å². The first-order valence-corrected chi connectivity index (χ1v) is 10.7. The molecule has 0 aliphatic carbocycles. The predicted molar refractivity (Wildman–Crippen MR) is 99.7 cm³/mol. The van der Waals surface area contributed by atoms with Crippen LogP contribution in [-0.2, 0) is 0 Å². The zero-order chi connectivity index (χ0) is 15.7. The quantitative estimate of drug-likeness (QED) is 0.291. The largest absolute Gasteiger partial charge is 0.387 e. The number of amides is 1. The second-order valence-electron chi connectivity index (χ2n) is 4.45. The molecule has 2 rings (SSSR count). The number of rotatable bonds is 2. The number of carbonyl (C=O) groups excluding carboxylic acids is 1. The van der Waals surface area contributed by atoms with E-state index in [1.54, 1.807) is 19.1 Å². The molecule has 0 saturated carbocycles. The van der Waals surface area contributed by atoms with Gasteiger partial charge in [-0.1, -0.05) is 0 Å². The molecule has 1 fully saturated rings. The van der Waals surface area contributed by atoms with Gasteiger partial charge in [0.2, 0.25) is 0 Å². The summed E-state index contributed by atoms with van der Waals surface area (Å²) in [6.07, 6.45) is 0.553. The molecule has 21 heavy (non-hydrogen) atoms. The van der Waals surface area contributed by atoms with E-state index >= 15 is 0 Å². The van der Waals surface area contributed by atoms with Gasteiger partial charge in [-0.2, -0.15) is 4.99 Å². The zero-order valence-electron chi connectivity index (χ0n) is 12.0. The van der Waals surface area contributed by atoms with E-state index in [0.717, 1.165) is 31.9 Å². The van der Waals surface area contributed by atoms with E-state index in [-0.39, 0.29) is 11.7 Å². The van der Waals surface area contributed by atoms with Gasteiger partial charge in [0.15, 0.2) is 0 Å². The maximum atomic E-state index is 11.7. The number of nitrogens with one attached hydrogen (secondary N) is 1. The molecule has 0 radical (unpaired) electrons. The fourth-order valence-corrected chi connectivity index (χ4v) is 1.96. The highest BCUT2D eigenvalue weighted by Crippen LogP contribution is 2.16. The topological polar surface area (TPSA) is 96.7 Å². The molecule has 1 atom stereocenters. The molecule has 1 aliphatic heterocycles. The molecule has 1 aromatic rings. The van der Waals surface area contributed by atoms with Gasteiger partial charge in [0.25, 0.3) is 5.91 Å². The summed E-state index contributed by atoms with van der Waals surface area (Å²) in [4.78, 5) is 17.7. The van der Waals surface area contributed by atoms with Crippen molar-refractivity contribution in [2.24, 2.45) is 16.2 Å². The van der Waals surface area contributed by atoms with Gasteiger partial charge in [0.05, 0.1) is 0 Å². The molecular formula is C13H21IN5OP. The Morgan fingerprint density at radius 1 is 1.33 bits per heavy atom. The Hall–Kier alpha value is -0.760. The van der Waals surface area contributed by atoms with Crippen molar-refractivity contribution >= 4 is 45.8 Å². The van der Waals surface area contributed by atoms with E-state index in [2.05, 4.69) is 37.3 Å². The average Bonchev–Trinajstić information content (AvgIpc) is 2.48. The summed E-state index contributed by atoms with van der Waals surface area (Å²) in [7, 11) is 0. The van der Waals surface area contributed by atoms with Crippen molar-refractivity contribution in [2.75, 3.05) is 31.1 Å². The molecule has 1 aromatic carbocycles. The van der Waals surface area contributed by atoms with E-state index in [4.69, 9.17) is 11.2 Å². The number of amidine groups is 1. The Balaban J connectivity index is 0.000000677. The summed E-state index contributed by atoms with van der Waals surface area (Å²) in [5.74, 6) is -0.00644. The van der Waals surface area contributed by atoms with Crippen molar-refractivity contribution in [3.05, 3.63) is 29.8 Å². The van der Waals surface area contributed by atoms with Crippen LogP contribution in [0.2, 0.25) is 0 Å². The van der Waals surface area contributed by atoms with E-state index in [9.17, 15) is 4.79 Å². The van der Waals surface area contributed by atoms with Gasteiger partial charge in [0, 0.05) is 43.8 Å². The molecule has 1 amide bonds. The lowest BCUT2D eigenvalue weighted by Crippen LogP contribution is -2.43. The summed E-state index contributed by atoms with van der Waals surface area (Å²) in [5.41, 5.74) is 12.0. The second kappa shape index (κ2) is 10.0. The van der Waals surface area contributed by atoms with Crippen molar-refractivity contribution in [3.63, 3.8) is 0 Å². The van der Waals surface area contributed by atoms with Gasteiger partial charge in [-0.3, -0.25) is 4.79 Å². The number of halogens is 1. The van der Waals surface area contributed by atoms with Gasteiger partial charge >= 0.3 is 0 Å². The van der Waals surface area contributed by atoms with Crippen LogP contribution in [0.5, 0.6) is 0 Å². The molecule has 1 heterocycles. The van der Waals surface area contributed by atoms with Gasteiger partial charge in [-0.05, 0) is 53.2 Å². The summed E-state index contributed by atoms with van der Waals surface area (Å²) in [6, 6.07) is 7.51. The van der Waals surface area contributed by atoms with Gasteiger partial charge in [0.1, 0.15) is 5.84 Å². The van der Waals surface area contributed by atoms with Crippen molar-refractivity contribution in [1.82, 2.24) is 5.32 Å². The number of anilines is 1. The van der Waals surface area contributed by atoms with E-state index in [1.165, 1.54) is 0 Å². The van der Waals surface area contributed by atoms with E-state index in [1.807, 2.05) is 12.1 Å². The van der Waals surface area contributed by atoms with Crippen LogP contribution in [0, 0.1) is 0 Å². The summed E-state index contributed by atoms with van der Waals surface area (Å²) < 4.78 is 0. The van der Waals surface area contributed by atoms with Crippen LogP contribution in [0.4, 0.5) is 5.69 Å². The number of nitrogens with zero attached hydrogens (tertiary/aromatic N) is 2. The lowest BCUT2D eigenvalue weighted by atomic mass is 10.1. The van der Waals surface area contributed by atoms with Crippen LogP contribution in [0.15, 0.2) is 29.3 Å². The Morgan fingerprint density at radius 3 is 2.33 bits per heavy atom. The number of piperazine rings is 1.